The van der Waals surface area contributed by atoms with Crippen LogP contribution in [0.2, 0.25) is 0 Å². The number of oxime groups is 1. The maximum atomic E-state index is 8.59. The molecule has 0 aromatic carbocycles. The second-order valence-electron chi connectivity index (χ2n) is 3.54. The van der Waals surface area contributed by atoms with E-state index in [4.69, 9.17) is 15.7 Å². The van der Waals surface area contributed by atoms with Gasteiger partial charge in [-0.2, -0.15) is 0 Å². The van der Waals surface area contributed by atoms with Crippen LogP contribution in [-0.2, 0) is 11.3 Å². The maximum absolute atomic E-state index is 8.59. The number of aromatic nitrogens is 1. The van der Waals surface area contributed by atoms with E-state index < -0.39 is 0 Å². The van der Waals surface area contributed by atoms with Crippen molar-refractivity contribution in [3.63, 3.8) is 0 Å². The lowest BCUT2D eigenvalue weighted by molar-refractivity contribution is 0.123. The minimum Gasteiger partial charge on any atom is -0.409 e. The average Bonchev–Trinajstić information content (AvgIpc) is 2.76. The van der Waals surface area contributed by atoms with Crippen molar-refractivity contribution >= 4 is 5.84 Å². The Hall–Kier alpha value is -1.49. The zero-order valence-electron chi connectivity index (χ0n) is 9.59. The normalized spacial score (nSPS) is 11.9. The largest absolute Gasteiger partial charge is 0.409 e. The van der Waals surface area contributed by atoms with Gasteiger partial charge in [0.15, 0.2) is 5.84 Å². The van der Waals surface area contributed by atoms with Crippen molar-refractivity contribution in [1.82, 2.24) is 4.57 Å². The third-order valence-electron chi connectivity index (χ3n) is 2.32. The van der Waals surface area contributed by atoms with Crippen molar-refractivity contribution in [2.45, 2.75) is 26.3 Å². The van der Waals surface area contributed by atoms with Gasteiger partial charge in [0.1, 0.15) is 0 Å². The first-order valence-electron chi connectivity index (χ1n) is 5.50. The summed E-state index contributed by atoms with van der Waals surface area (Å²) in [6.45, 7) is 4.27. The lowest BCUT2D eigenvalue weighted by Gasteiger charge is -2.08. The Kier molecular flexibility index (Phi) is 5.42. The summed E-state index contributed by atoms with van der Waals surface area (Å²) in [4.78, 5) is 0. The molecule has 0 spiro atoms. The number of rotatable bonds is 7. The zero-order chi connectivity index (χ0) is 11.8. The second-order valence-corrected chi connectivity index (χ2v) is 3.54. The van der Waals surface area contributed by atoms with Gasteiger partial charge in [-0.1, -0.05) is 18.5 Å². The number of nitrogens with two attached hydrogens (primary N) is 1. The molecule has 90 valence electrons. The minimum absolute atomic E-state index is 0.124. The molecule has 0 saturated carbocycles. The highest BCUT2D eigenvalue weighted by Gasteiger charge is 2.04. The summed E-state index contributed by atoms with van der Waals surface area (Å²) in [5.41, 5.74) is 6.24. The molecule has 0 aliphatic rings. The van der Waals surface area contributed by atoms with Gasteiger partial charge in [0.05, 0.1) is 12.3 Å². The molecule has 0 fully saturated rings. The molecule has 0 radical (unpaired) electrons. The van der Waals surface area contributed by atoms with Crippen LogP contribution in [-0.4, -0.2) is 28.8 Å². The molecule has 0 atom stereocenters. The van der Waals surface area contributed by atoms with Crippen molar-refractivity contribution in [2.75, 3.05) is 13.2 Å². The van der Waals surface area contributed by atoms with E-state index in [-0.39, 0.29) is 5.84 Å². The Morgan fingerprint density at radius 2 is 2.38 bits per heavy atom. The van der Waals surface area contributed by atoms with Gasteiger partial charge < -0.3 is 20.2 Å². The van der Waals surface area contributed by atoms with Gasteiger partial charge in [0.2, 0.25) is 0 Å². The summed E-state index contributed by atoms with van der Waals surface area (Å²) >= 11 is 0. The highest BCUT2D eigenvalue weighted by Crippen LogP contribution is 2.02. The van der Waals surface area contributed by atoms with Gasteiger partial charge >= 0.3 is 0 Å². The van der Waals surface area contributed by atoms with Gasteiger partial charge in [-0.05, 0) is 18.6 Å². The van der Waals surface area contributed by atoms with Gasteiger partial charge in [-0.15, -0.1) is 0 Å². The fourth-order valence-corrected chi connectivity index (χ4v) is 1.40. The molecule has 0 saturated heterocycles. The Balaban J connectivity index is 2.39. The van der Waals surface area contributed by atoms with E-state index in [1.165, 1.54) is 0 Å². The number of hydrogen-bond acceptors (Lipinski definition) is 3. The average molecular weight is 225 g/mol. The van der Waals surface area contributed by atoms with E-state index in [2.05, 4.69) is 12.1 Å². The van der Waals surface area contributed by atoms with E-state index in [9.17, 15) is 0 Å². The Morgan fingerprint density at radius 1 is 1.56 bits per heavy atom. The number of hydrogen-bond donors (Lipinski definition) is 2. The number of amidine groups is 1. The van der Waals surface area contributed by atoms with Crippen LogP contribution in [0.25, 0.3) is 0 Å². The maximum Gasteiger partial charge on any atom is 0.186 e. The smallest absolute Gasteiger partial charge is 0.186 e. The van der Waals surface area contributed by atoms with Crippen molar-refractivity contribution in [3.8, 4) is 0 Å². The SMILES string of the molecule is CCCCOCCn1cccc1/C(N)=N/O. The summed E-state index contributed by atoms with van der Waals surface area (Å²) in [7, 11) is 0. The Labute approximate surface area is 95.5 Å². The molecule has 0 aliphatic carbocycles. The van der Waals surface area contributed by atoms with Crippen LogP contribution in [0.5, 0.6) is 0 Å². The monoisotopic (exact) mass is 225 g/mol. The molecule has 3 N–H and O–H groups in total. The van der Waals surface area contributed by atoms with Crippen molar-refractivity contribution in [3.05, 3.63) is 24.0 Å². The first kappa shape index (κ1) is 12.6. The van der Waals surface area contributed by atoms with Crippen LogP contribution in [0.3, 0.4) is 0 Å². The molecular weight excluding hydrogens is 206 g/mol. The Bertz CT molecular complexity index is 334. The fourth-order valence-electron chi connectivity index (χ4n) is 1.40. The van der Waals surface area contributed by atoms with Gasteiger partial charge in [0, 0.05) is 19.3 Å². The standard InChI is InChI=1S/C11H19N3O2/c1-2-3-8-16-9-7-14-6-4-5-10(14)11(12)13-15/h4-6,15H,2-3,7-9H2,1H3,(H2,12,13). The van der Waals surface area contributed by atoms with Crippen LogP contribution in [0.15, 0.2) is 23.5 Å². The van der Waals surface area contributed by atoms with E-state index >= 15 is 0 Å². The second kappa shape index (κ2) is 6.90. The molecule has 0 bridgehead atoms. The van der Waals surface area contributed by atoms with E-state index in [0.29, 0.717) is 18.8 Å². The molecule has 1 heterocycles. The van der Waals surface area contributed by atoms with Crippen LogP contribution in [0, 0.1) is 0 Å². The van der Waals surface area contributed by atoms with Crippen molar-refractivity contribution < 1.29 is 9.94 Å². The predicted octanol–water partition coefficient (Wildman–Crippen LogP) is 1.40. The number of nitrogens with zero attached hydrogens (tertiary/aromatic N) is 2. The predicted molar refractivity (Wildman–Crippen MR) is 62.7 cm³/mol. The number of unbranched alkanes of at least 4 members (excludes halogenated alkanes) is 1. The first-order valence-corrected chi connectivity index (χ1v) is 5.50. The summed E-state index contributed by atoms with van der Waals surface area (Å²) in [5, 5.41) is 11.6. The van der Waals surface area contributed by atoms with E-state index in [1.54, 1.807) is 6.07 Å². The third kappa shape index (κ3) is 3.58. The van der Waals surface area contributed by atoms with Crippen LogP contribution >= 0.6 is 0 Å². The number of ether oxygens (including phenoxy) is 1. The summed E-state index contributed by atoms with van der Waals surface area (Å²) in [5.74, 6) is 0.124. The lowest BCUT2D eigenvalue weighted by Crippen LogP contribution is -2.19. The quantitative estimate of drug-likeness (QED) is 0.242. The van der Waals surface area contributed by atoms with E-state index in [1.807, 2.05) is 16.8 Å². The molecular formula is C11H19N3O2. The molecule has 1 aromatic rings. The van der Waals surface area contributed by atoms with Gasteiger partial charge in [-0.25, -0.2) is 0 Å². The summed E-state index contributed by atoms with van der Waals surface area (Å²) < 4.78 is 7.36. The van der Waals surface area contributed by atoms with Crippen molar-refractivity contribution in [2.24, 2.45) is 10.9 Å². The minimum atomic E-state index is 0.124. The lowest BCUT2D eigenvalue weighted by atomic mass is 10.4. The fraction of sp³-hybridized carbons (Fsp3) is 0.545. The Morgan fingerprint density at radius 3 is 3.06 bits per heavy atom. The van der Waals surface area contributed by atoms with Crippen LogP contribution in [0.1, 0.15) is 25.5 Å². The first-order chi connectivity index (χ1) is 7.79. The van der Waals surface area contributed by atoms with Gasteiger partial charge in [0.25, 0.3) is 0 Å². The molecule has 1 rings (SSSR count). The highest BCUT2D eigenvalue weighted by molar-refractivity contribution is 5.95. The van der Waals surface area contributed by atoms with E-state index in [0.717, 1.165) is 19.4 Å². The molecule has 16 heavy (non-hydrogen) atoms. The molecule has 5 nitrogen and oxygen atoms in total. The van der Waals surface area contributed by atoms with Gasteiger partial charge in [-0.3, -0.25) is 0 Å². The van der Waals surface area contributed by atoms with Crippen LogP contribution < -0.4 is 5.73 Å². The third-order valence-corrected chi connectivity index (χ3v) is 2.32. The summed E-state index contributed by atoms with van der Waals surface area (Å²) in [6, 6.07) is 3.67. The zero-order valence-corrected chi connectivity index (χ0v) is 9.59. The summed E-state index contributed by atoms with van der Waals surface area (Å²) in [6.07, 6.45) is 4.11. The molecule has 5 heteroatoms. The van der Waals surface area contributed by atoms with Crippen molar-refractivity contribution in [1.29, 1.82) is 0 Å². The molecule has 0 aliphatic heterocycles. The highest BCUT2D eigenvalue weighted by atomic mass is 16.5. The molecule has 0 amide bonds. The molecule has 1 aromatic heterocycles. The van der Waals surface area contributed by atoms with Crippen LogP contribution in [0.4, 0.5) is 0 Å². The molecule has 0 unspecified atom stereocenters. The topological polar surface area (TPSA) is 72.8 Å².